The van der Waals surface area contributed by atoms with Gasteiger partial charge in [0, 0.05) is 6.08 Å². The molecular formula is C15H24O3. The summed E-state index contributed by atoms with van der Waals surface area (Å²) in [4.78, 5) is 11.1. The largest absolute Gasteiger partial charge is 0.463 e. The average molecular weight is 252 g/mol. The molecule has 0 spiro atoms. The highest BCUT2D eigenvalue weighted by Crippen LogP contribution is 2.42. The van der Waals surface area contributed by atoms with Crippen LogP contribution in [0.5, 0.6) is 0 Å². The highest BCUT2D eigenvalue weighted by atomic mass is 16.6. The summed E-state index contributed by atoms with van der Waals surface area (Å²) in [7, 11) is 0. The lowest BCUT2D eigenvalue weighted by molar-refractivity contribution is -0.137. The Labute approximate surface area is 110 Å². The van der Waals surface area contributed by atoms with Crippen LogP contribution in [-0.4, -0.2) is 24.8 Å². The van der Waals surface area contributed by atoms with Crippen molar-refractivity contribution in [1.29, 1.82) is 0 Å². The van der Waals surface area contributed by atoms with Crippen LogP contribution in [0.2, 0.25) is 0 Å². The Kier molecular flexibility index (Phi) is 4.81. The van der Waals surface area contributed by atoms with Crippen LogP contribution in [0.3, 0.4) is 0 Å². The monoisotopic (exact) mass is 252 g/mol. The maximum Gasteiger partial charge on any atom is 0.330 e. The normalized spacial score (nSPS) is 32.0. The molecule has 3 heteroatoms. The molecule has 2 fully saturated rings. The summed E-state index contributed by atoms with van der Waals surface area (Å²) >= 11 is 0. The van der Waals surface area contributed by atoms with Crippen LogP contribution in [0.4, 0.5) is 0 Å². The molecule has 0 radical (unpaired) electrons. The molecule has 2 rings (SSSR count). The first-order valence-corrected chi connectivity index (χ1v) is 7.15. The number of esters is 1. The van der Waals surface area contributed by atoms with E-state index in [2.05, 4.69) is 6.92 Å². The van der Waals surface area contributed by atoms with Crippen molar-refractivity contribution in [3.8, 4) is 0 Å². The molecule has 4 unspecified atom stereocenters. The van der Waals surface area contributed by atoms with Gasteiger partial charge in [-0.05, 0) is 50.9 Å². The molecule has 0 bridgehead atoms. The highest BCUT2D eigenvalue weighted by Gasteiger charge is 2.44. The van der Waals surface area contributed by atoms with Gasteiger partial charge in [0.05, 0.1) is 18.8 Å². The van der Waals surface area contributed by atoms with Crippen LogP contribution >= 0.6 is 0 Å². The molecule has 0 aromatic rings. The van der Waals surface area contributed by atoms with Crippen molar-refractivity contribution in [1.82, 2.24) is 0 Å². The summed E-state index contributed by atoms with van der Waals surface area (Å²) in [5.74, 6) is 1.30. The van der Waals surface area contributed by atoms with Crippen molar-refractivity contribution in [3.05, 3.63) is 12.2 Å². The molecule has 0 amide bonds. The molecule has 1 saturated carbocycles. The summed E-state index contributed by atoms with van der Waals surface area (Å²) < 4.78 is 10.7. The molecule has 102 valence electrons. The molecule has 18 heavy (non-hydrogen) atoms. The minimum Gasteiger partial charge on any atom is -0.463 e. The van der Waals surface area contributed by atoms with Crippen molar-refractivity contribution in [2.75, 3.05) is 6.61 Å². The Morgan fingerprint density at radius 3 is 3.00 bits per heavy atom. The van der Waals surface area contributed by atoms with E-state index < -0.39 is 0 Å². The quantitative estimate of drug-likeness (QED) is 0.315. The van der Waals surface area contributed by atoms with E-state index in [1.54, 1.807) is 6.08 Å². The van der Waals surface area contributed by atoms with Gasteiger partial charge in [-0.15, -0.1) is 0 Å². The van der Waals surface area contributed by atoms with Crippen molar-refractivity contribution < 1.29 is 14.3 Å². The maximum atomic E-state index is 11.1. The first kappa shape index (κ1) is 13.6. The number of allylic oxidation sites excluding steroid dienone is 1. The molecule has 0 aromatic carbocycles. The van der Waals surface area contributed by atoms with Gasteiger partial charge in [0.25, 0.3) is 0 Å². The van der Waals surface area contributed by atoms with Crippen molar-refractivity contribution in [3.63, 3.8) is 0 Å². The predicted molar refractivity (Wildman–Crippen MR) is 70.2 cm³/mol. The minimum atomic E-state index is -0.225. The Morgan fingerprint density at radius 2 is 2.28 bits per heavy atom. The molecule has 0 aromatic heterocycles. The van der Waals surface area contributed by atoms with E-state index in [0.29, 0.717) is 18.8 Å². The number of epoxide rings is 1. The van der Waals surface area contributed by atoms with Crippen molar-refractivity contribution in [2.45, 2.75) is 58.2 Å². The van der Waals surface area contributed by atoms with E-state index in [9.17, 15) is 4.79 Å². The van der Waals surface area contributed by atoms with Gasteiger partial charge in [0.1, 0.15) is 0 Å². The van der Waals surface area contributed by atoms with E-state index in [0.717, 1.165) is 24.7 Å². The Morgan fingerprint density at radius 1 is 1.44 bits per heavy atom. The summed E-state index contributed by atoms with van der Waals surface area (Å²) in [5, 5.41) is 0. The van der Waals surface area contributed by atoms with Gasteiger partial charge in [-0.2, -0.15) is 0 Å². The van der Waals surface area contributed by atoms with Crippen LogP contribution in [0, 0.1) is 11.8 Å². The number of rotatable bonds is 6. The molecule has 1 aliphatic heterocycles. The first-order chi connectivity index (χ1) is 8.70. The Hall–Kier alpha value is -0.830. The van der Waals surface area contributed by atoms with Crippen LogP contribution in [-0.2, 0) is 14.3 Å². The third kappa shape index (κ3) is 3.84. The summed E-state index contributed by atoms with van der Waals surface area (Å²) in [6, 6.07) is 0. The number of hydrogen-bond donors (Lipinski definition) is 0. The molecule has 0 N–H and O–H groups in total. The van der Waals surface area contributed by atoms with Gasteiger partial charge in [-0.3, -0.25) is 0 Å². The van der Waals surface area contributed by atoms with Gasteiger partial charge in [0.2, 0.25) is 0 Å². The fourth-order valence-electron chi connectivity index (χ4n) is 2.95. The number of hydrogen-bond acceptors (Lipinski definition) is 3. The highest BCUT2D eigenvalue weighted by molar-refractivity contribution is 5.81. The smallest absolute Gasteiger partial charge is 0.330 e. The number of carbonyl (C=O) groups is 1. The maximum absolute atomic E-state index is 11.1. The van der Waals surface area contributed by atoms with Gasteiger partial charge in [-0.1, -0.05) is 13.0 Å². The zero-order valence-corrected chi connectivity index (χ0v) is 11.4. The average Bonchev–Trinajstić information content (AvgIpc) is 3.12. The second kappa shape index (κ2) is 6.37. The lowest BCUT2D eigenvalue weighted by atomic mass is 9.79. The first-order valence-electron chi connectivity index (χ1n) is 7.15. The predicted octanol–water partition coefficient (Wildman–Crippen LogP) is 3.09. The lowest BCUT2D eigenvalue weighted by Crippen LogP contribution is -2.20. The number of ether oxygens (including phenoxy) is 2. The fraction of sp³-hybridized carbons (Fsp3) is 0.800. The zero-order valence-electron chi connectivity index (χ0n) is 11.4. The topological polar surface area (TPSA) is 38.8 Å². The second-order valence-electron chi connectivity index (χ2n) is 5.57. The van der Waals surface area contributed by atoms with E-state index >= 15 is 0 Å². The second-order valence-corrected chi connectivity index (χ2v) is 5.57. The van der Waals surface area contributed by atoms with Gasteiger partial charge in [0.15, 0.2) is 0 Å². The lowest BCUT2D eigenvalue weighted by Gasteiger charge is -2.25. The summed E-state index contributed by atoms with van der Waals surface area (Å²) in [6.07, 6.45) is 10.2. The zero-order chi connectivity index (χ0) is 13.0. The van der Waals surface area contributed by atoms with Gasteiger partial charge < -0.3 is 9.47 Å². The molecule has 2 aliphatic rings. The van der Waals surface area contributed by atoms with E-state index in [1.165, 1.54) is 25.3 Å². The third-order valence-corrected chi connectivity index (χ3v) is 4.20. The number of fused-ring (bicyclic) bond motifs is 1. The number of carbonyl (C=O) groups excluding carboxylic acids is 1. The Balaban J connectivity index is 1.56. The van der Waals surface area contributed by atoms with E-state index in [4.69, 9.17) is 9.47 Å². The van der Waals surface area contributed by atoms with Crippen LogP contribution < -0.4 is 0 Å². The Bertz CT molecular complexity index is 311. The van der Waals surface area contributed by atoms with Crippen molar-refractivity contribution >= 4 is 5.97 Å². The van der Waals surface area contributed by atoms with Crippen LogP contribution in [0.15, 0.2) is 12.2 Å². The van der Waals surface area contributed by atoms with E-state index in [-0.39, 0.29) is 5.97 Å². The third-order valence-electron chi connectivity index (χ3n) is 4.20. The SMILES string of the molecule is CC=CC(=O)OCCCC(C)C1CCC2OC2C1. The van der Waals surface area contributed by atoms with Crippen LogP contribution in [0.25, 0.3) is 0 Å². The molecule has 3 nitrogen and oxygen atoms in total. The minimum absolute atomic E-state index is 0.225. The van der Waals surface area contributed by atoms with Gasteiger partial charge >= 0.3 is 5.97 Å². The van der Waals surface area contributed by atoms with Crippen molar-refractivity contribution in [2.24, 2.45) is 11.8 Å². The molecule has 1 heterocycles. The summed E-state index contributed by atoms with van der Waals surface area (Å²) in [6.45, 7) is 4.68. The summed E-state index contributed by atoms with van der Waals surface area (Å²) in [5.41, 5.74) is 0. The fourth-order valence-corrected chi connectivity index (χ4v) is 2.95. The molecule has 4 atom stereocenters. The van der Waals surface area contributed by atoms with E-state index in [1.807, 2.05) is 6.92 Å². The molecule has 1 saturated heterocycles. The molecule has 1 aliphatic carbocycles. The molecular weight excluding hydrogens is 228 g/mol. The standard InChI is InChI=1S/C15H24O3/c1-3-5-15(16)17-9-4-6-11(2)12-7-8-13-14(10-12)18-13/h3,5,11-14H,4,6-10H2,1-2H3. The van der Waals surface area contributed by atoms with Crippen LogP contribution in [0.1, 0.15) is 46.0 Å². The van der Waals surface area contributed by atoms with Gasteiger partial charge in [-0.25, -0.2) is 4.79 Å².